The monoisotopic (exact) mass is 169 g/mol. The Bertz CT molecular complexity index is 153. The summed E-state index contributed by atoms with van der Waals surface area (Å²) in [6.07, 6.45) is 6.13. The summed E-state index contributed by atoms with van der Waals surface area (Å²) in [5, 5.41) is 3.65. The molecule has 1 saturated carbocycles. The van der Waals surface area contributed by atoms with Crippen molar-refractivity contribution in [1.29, 1.82) is 0 Å². The van der Waals surface area contributed by atoms with Crippen LogP contribution in [0, 0.1) is 0 Å². The molecule has 0 unspecified atom stereocenters. The molecule has 1 rings (SSSR count). The van der Waals surface area contributed by atoms with Crippen molar-refractivity contribution < 1.29 is 4.79 Å². The topological polar surface area (TPSA) is 34.4 Å². The number of carbonyl (C=O) groups is 1. The highest BCUT2D eigenvalue weighted by atomic mass is 16.2. The number of hydrogen-bond acceptors (Lipinski definition) is 1. The molecule has 0 N–H and O–H groups in total. The van der Waals surface area contributed by atoms with Crippen molar-refractivity contribution in [2.75, 3.05) is 14.1 Å². The van der Waals surface area contributed by atoms with Gasteiger partial charge in [-0.05, 0) is 12.8 Å². The van der Waals surface area contributed by atoms with Crippen LogP contribution < -0.4 is 5.32 Å². The zero-order valence-corrected chi connectivity index (χ0v) is 7.92. The van der Waals surface area contributed by atoms with E-state index in [9.17, 15) is 4.79 Å². The fraction of sp³-hybridized carbons (Fsp3) is 0.889. The molecule has 3 heteroatoms. The fourth-order valence-electron chi connectivity index (χ4n) is 1.78. The zero-order valence-electron chi connectivity index (χ0n) is 7.92. The van der Waals surface area contributed by atoms with Crippen LogP contribution in [0.3, 0.4) is 0 Å². The summed E-state index contributed by atoms with van der Waals surface area (Å²) in [5.74, 6) is 0. The van der Waals surface area contributed by atoms with Crippen LogP contribution in [0.4, 0.5) is 4.79 Å². The van der Waals surface area contributed by atoms with E-state index in [-0.39, 0.29) is 6.03 Å². The van der Waals surface area contributed by atoms with Gasteiger partial charge in [-0.2, -0.15) is 0 Å². The molecule has 0 aliphatic heterocycles. The highest BCUT2D eigenvalue weighted by Gasteiger charge is 2.21. The second-order valence-electron chi connectivity index (χ2n) is 3.41. The molecule has 0 atom stereocenters. The Morgan fingerprint density at radius 2 is 1.92 bits per heavy atom. The maximum absolute atomic E-state index is 11.2. The van der Waals surface area contributed by atoms with Crippen LogP contribution in [0.2, 0.25) is 0 Å². The first-order valence-corrected chi connectivity index (χ1v) is 4.62. The maximum atomic E-state index is 11.2. The van der Waals surface area contributed by atoms with E-state index in [0.29, 0.717) is 6.04 Å². The van der Waals surface area contributed by atoms with E-state index in [1.54, 1.807) is 11.9 Å². The quantitative estimate of drug-likeness (QED) is 0.587. The molecular weight excluding hydrogens is 152 g/mol. The first-order valence-electron chi connectivity index (χ1n) is 4.62. The van der Waals surface area contributed by atoms with Gasteiger partial charge < -0.3 is 4.90 Å². The SMILES string of the molecule is C[N]C(=O)N(C)C1CCCCC1. The van der Waals surface area contributed by atoms with Gasteiger partial charge in [0.15, 0.2) is 0 Å². The van der Waals surface area contributed by atoms with Crippen LogP contribution in [0.25, 0.3) is 0 Å². The Kier molecular flexibility index (Phi) is 3.38. The second kappa shape index (κ2) is 4.33. The lowest BCUT2D eigenvalue weighted by molar-refractivity contribution is 0.175. The summed E-state index contributed by atoms with van der Waals surface area (Å²) in [6, 6.07) is 0.358. The van der Waals surface area contributed by atoms with Gasteiger partial charge in [-0.1, -0.05) is 19.3 Å². The molecule has 3 nitrogen and oxygen atoms in total. The molecule has 2 amide bonds. The molecule has 0 aromatic heterocycles. The average Bonchev–Trinajstić information content (AvgIpc) is 2.17. The molecule has 12 heavy (non-hydrogen) atoms. The van der Waals surface area contributed by atoms with Gasteiger partial charge in [0, 0.05) is 20.1 Å². The summed E-state index contributed by atoms with van der Waals surface area (Å²) in [5.41, 5.74) is 0. The molecule has 1 fully saturated rings. The van der Waals surface area contributed by atoms with E-state index in [1.165, 1.54) is 19.3 Å². The van der Waals surface area contributed by atoms with Gasteiger partial charge in [0.2, 0.25) is 0 Å². The Hall–Kier alpha value is -0.730. The third-order valence-electron chi connectivity index (χ3n) is 2.62. The van der Waals surface area contributed by atoms with E-state index >= 15 is 0 Å². The normalized spacial score (nSPS) is 18.8. The van der Waals surface area contributed by atoms with E-state index in [1.807, 2.05) is 7.05 Å². The van der Waals surface area contributed by atoms with Gasteiger partial charge in [-0.15, -0.1) is 0 Å². The van der Waals surface area contributed by atoms with Crippen molar-refractivity contribution in [3.8, 4) is 0 Å². The molecule has 0 saturated heterocycles. The van der Waals surface area contributed by atoms with Crippen LogP contribution in [-0.2, 0) is 0 Å². The zero-order chi connectivity index (χ0) is 8.97. The first-order chi connectivity index (χ1) is 5.75. The van der Waals surface area contributed by atoms with Crippen molar-refractivity contribution in [2.24, 2.45) is 0 Å². The number of urea groups is 1. The number of carbonyl (C=O) groups excluding carboxylic acids is 1. The van der Waals surface area contributed by atoms with E-state index in [4.69, 9.17) is 0 Å². The molecule has 69 valence electrons. The molecule has 0 heterocycles. The van der Waals surface area contributed by atoms with Gasteiger partial charge in [-0.25, -0.2) is 10.1 Å². The number of amides is 2. The van der Waals surface area contributed by atoms with E-state index in [2.05, 4.69) is 5.32 Å². The maximum Gasteiger partial charge on any atom is 0.338 e. The number of hydrogen-bond donors (Lipinski definition) is 0. The molecule has 0 aromatic carbocycles. The highest BCUT2D eigenvalue weighted by Crippen LogP contribution is 2.21. The highest BCUT2D eigenvalue weighted by molar-refractivity contribution is 5.73. The van der Waals surface area contributed by atoms with Gasteiger partial charge in [-0.3, -0.25) is 0 Å². The van der Waals surface area contributed by atoms with Crippen LogP contribution in [0.15, 0.2) is 0 Å². The lowest BCUT2D eigenvalue weighted by atomic mass is 9.95. The standard InChI is InChI=1S/C9H17N2O/c1-10-9(12)11(2)8-6-4-3-5-7-8/h8H,3-7H2,1-2H3. The third kappa shape index (κ3) is 2.13. The van der Waals surface area contributed by atoms with Gasteiger partial charge in [0.05, 0.1) is 0 Å². The fourth-order valence-corrected chi connectivity index (χ4v) is 1.78. The van der Waals surface area contributed by atoms with Crippen molar-refractivity contribution in [1.82, 2.24) is 10.2 Å². The van der Waals surface area contributed by atoms with Crippen molar-refractivity contribution in [2.45, 2.75) is 38.1 Å². The summed E-state index contributed by atoms with van der Waals surface area (Å²) < 4.78 is 0. The Balaban J connectivity index is 2.39. The van der Waals surface area contributed by atoms with E-state index < -0.39 is 0 Å². The Morgan fingerprint density at radius 1 is 1.33 bits per heavy atom. The Morgan fingerprint density at radius 3 is 2.42 bits per heavy atom. The summed E-state index contributed by atoms with van der Waals surface area (Å²) in [6.45, 7) is 0. The molecule has 0 aromatic rings. The molecular formula is C9H17N2O. The minimum atomic E-state index is -0.0816. The van der Waals surface area contributed by atoms with Crippen LogP contribution in [0.1, 0.15) is 32.1 Å². The molecule has 1 radical (unpaired) electrons. The third-order valence-corrected chi connectivity index (χ3v) is 2.62. The largest absolute Gasteiger partial charge is 0.338 e. The summed E-state index contributed by atoms with van der Waals surface area (Å²) in [4.78, 5) is 12.9. The molecule has 1 aliphatic carbocycles. The average molecular weight is 169 g/mol. The molecule has 0 spiro atoms. The van der Waals surface area contributed by atoms with E-state index in [0.717, 1.165) is 12.8 Å². The smallest absolute Gasteiger partial charge is 0.323 e. The Labute approximate surface area is 74.1 Å². The van der Waals surface area contributed by atoms with Crippen molar-refractivity contribution in [3.05, 3.63) is 0 Å². The lowest BCUT2D eigenvalue weighted by Crippen LogP contribution is -2.40. The van der Waals surface area contributed by atoms with Crippen molar-refractivity contribution >= 4 is 6.03 Å². The summed E-state index contributed by atoms with van der Waals surface area (Å²) in [7, 11) is 3.41. The predicted octanol–water partition coefficient (Wildman–Crippen LogP) is 1.61. The minimum absolute atomic E-state index is 0.0816. The minimum Gasteiger partial charge on any atom is -0.323 e. The first kappa shape index (κ1) is 9.36. The van der Waals surface area contributed by atoms with Crippen LogP contribution >= 0.6 is 0 Å². The van der Waals surface area contributed by atoms with Crippen molar-refractivity contribution in [3.63, 3.8) is 0 Å². The summed E-state index contributed by atoms with van der Waals surface area (Å²) >= 11 is 0. The van der Waals surface area contributed by atoms with Crippen LogP contribution in [0.5, 0.6) is 0 Å². The second-order valence-corrected chi connectivity index (χ2v) is 3.41. The molecule has 1 aliphatic rings. The lowest BCUT2D eigenvalue weighted by Gasteiger charge is -2.30. The number of nitrogens with zero attached hydrogens (tertiary/aromatic N) is 2. The van der Waals surface area contributed by atoms with Gasteiger partial charge in [0.1, 0.15) is 0 Å². The van der Waals surface area contributed by atoms with Crippen LogP contribution in [-0.4, -0.2) is 31.1 Å². The van der Waals surface area contributed by atoms with Gasteiger partial charge >= 0.3 is 6.03 Å². The van der Waals surface area contributed by atoms with Gasteiger partial charge in [0.25, 0.3) is 0 Å². The number of rotatable bonds is 1. The molecule has 0 bridgehead atoms. The predicted molar refractivity (Wildman–Crippen MR) is 48.1 cm³/mol.